The van der Waals surface area contributed by atoms with Crippen molar-refractivity contribution in [3.8, 4) is 0 Å². The third-order valence-corrected chi connectivity index (χ3v) is 5.22. The molecule has 2 aliphatic rings. The summed E-state index contributed by atoms with van der Waals surface area (Å²) in [6, 6.07) is 0.639. The van der Waals surface area contributed by atoms with E-state index in [2.05, 4.69) is 10.6 Å². The maximum atomic E-state index is 15.0. The standard InChI is InChI=1S/C22H25FN4O8/c1-22(2,3)35-21(34)24-6-7-26(10-17(29)30)15-9-12-11(8-13(15)23)19(32)27(20(12)33)14-4-5-16(28)25-18(14)31/h8-9,14H,4-7,10H2,1-3H3,(H,24,34)(H,29,30)(H,25,28,31). The summed E-state index contributed by atoms with van der Waals surface area (Å²) < 4.78 is 20.1. The number of nitrogens with zero attached hydrogens (tertiary/aromatic N) is 2. The number of carboxylic acids is 1. The molecule has 0 saturated carbocycles. The molecule has 1 unspecified atom stereocenters. The van der Waals surface area contributed by atoms with E-state index in [-0.39, 0.29) is 42.7 Å². The molecular formula is C22H25FN4O8. The molecule has 0 aliphatic carbocycles. The van der Waals surface area contributed by atoms with Gasteiger partial charge in [0.05, 0.1) is 16.8 Å². The molecule has 0 radical (unpaired) electrons. The summed E-state index contributed by atoms with van der Waals surface area (Å²) in [6.45, 7) is 4.08. The molecule has 1 aromatic rings. The molecule has 0 spiro atoms. The second kappa shape index (κ2) is 9.68. The summed E-state index contributed by atoms with van der Waals surface area (Å²) in [7, 11) is 0. The van der Waals surface area contributed by atoms with Crippen LogP contribution in [0.2, 0.25) is 0 Å². The number of hydrogen-bond donors (Lipinski definition) is 3. The highest BCUT2D eigenvalue weighted by molar-refractivity contribution is 6.23. The van der Waals surface area contributed by atoms with Crippen molar-refractivity contribution in [2.75, 3.05) is 24.5 Å². The number of alkyl carbamates (subject to hydrolysis) is 1. The Labute approximate surface area is 199 Å². The molecule has 1 atom stereocenters. The third kappa shape index (κ3) is 5.73. The fraction of sp³-hybridized carbons (Fsp3) is 0.455. The lowest BCUT2D eigenvalue weighted by Gasteiger charge is -2.27. The Kier molecular flexibility index (Phi) is 7.08. The van der Waals surface area contributed by atoms with Crippen LogP contribution in [0.3, 0.4) is 0 Å². The van der Waals surface area contributed by atoms with E-state index in [0.717, 1.165) is 17.0 Å². The van der Waals surface area contributed by atoms with Crippen LogP contribution in [0.1, 0.15) is 54.3 Å². The van der Waals surface area contributed by atoms with Crippen LogP contribution in [0.25, 0.3) is 0 Å². The fourth-order valence-electron chi connectivity index (χ4n) is 3.78. The number of amides is 5. The number of benzene rings is 1. The Morgan fingerprint density at radius 2 is 1.83 bits per heavy atom. The number of ether oxygens (including phenoxy) is 1. The topological polar surface area (TPSA) is 162 Å². The van der Waals surface area contributed by atoms with E-state index in [4.69, 9.17) is 4.74 Å². The molecule has 188 valence electrons. The van der Waals surface area contributed by atoms with Gasteiger partial charge in [0, 0.05) is 19.5 Å². The quantitative estimate of drug-likeness (QED) is 0.464. The summed E-state index contributed by atoms with van der Waals surface area (Å²) >= 11 is 0. The summed E-state index contributed by atoms with van der Waals surface area (Å²) in [4.78, 5) is 74.4. The van der Waals surface area contributed by atoms with E-state index >= 15 is 0 Å². The molecule has 2 heterocycles. The van der Waals surface area contributed by atoms with Crippen LogP contribution in [0.15, 0.2) is 12.1 Å². The molecule has 13 heteroatoms. The highest BCUT2D eigenvalue weighted by atomic mass is 19.1. The molecule has 12 nitrogen and oxygen atoms in total. The van der Waals surface area contributed by atoms with Crippen LogP contribution in [-0.4, -0.2) is 77.0 Å². The number of rotatable bonds is 7. The van der Waals surface area contributed by atoms with Crippen molar-refractivity contribution in [3.05, 3.63) is 29.1 Å². The minimum absolute atomic E-state index is 0.0626. The highest BCUT2D eigenvalue weighted by Crippen LogP contribution is 2.32. The van der Waals surface area contributed by atoms with Crippen molar-refractivity contribution in [2.45, 2.75) is 45.3 Å². The van der Waals surface area contributed by atoms with Gasteiger partial charge < -0.3 is 20.1 Å². The van der Waals surface area contributed by atoms with Crippen LogP contribution < -0.4 is 15.5 Å². The van der Waals surface area contributed by atoms with Gasteiger partial charge in [0.25, 0.3) is 11.8 Å². The maximum Gasteiger partial charge on any atom is 0.407 e. The number of anilines is 1. The first kappa shape index (κ1) is 25.6. The minimum Gasteiger partial charge on any atom is -0.480 e. The number of nitrogens with one attached hydrogen (secondary N) is 2. The number of halogens is 1. The second-order valence-electron chi connectivity index (χ2n) is 9.04. The smallest absolute Gasteiger partial charge is 0.407 e. The van der Waals surface area contributed by atoms with Gasteiger partial charge in [0.15, 0.2) is 0 Å². The zero-order valence-corrected chi connectivity index (χ0v) is 19.3. The number of carboxylic acid groups (broad SMARTS) is 1. The highest BCUT2D eigenvalue weighted by Gasteiger charge is 2.45. The summed E-state index contributed by atoms with van der Waals surface area (Å²) in [5.74, 6) is -5.34. The van der Waals surface area contributed by atoms with Crippen molar-refractivity contribution in [1.82, 2.24) is 15.5 Å². The summed E-state index contributed by atoms with van der Waals surface area (Å²) in [6.07, 6.45) is -0.879. The molecule has 35 heavy (non-hydrogen) atoms. The first-order valence-corrected chi connectivity index (χ1v) is 10.8. The lowest BCUT2D eigenvalue weighted by Crippen LogP contribution is -2.54. The van der Waals surface area contributed by atoms with Gasteiger partial charge in [0.1, 0.15) is 24.0 Å². The van der Waals surface area contributed by atoms with E-state index < -0.39 is 59.7 Å². The van der Waals surface area contributed by atoms with Crippen LogP contribution in [0, 0.1) is 5.82 Å². The van der Waals surface area contributed by atoms with E-state index in [1.807, 2.05) is 0 Å². The van der Waals surface area contributed by atoms with Crippen LogP contribution in [0.4, 0.5) is 14.9 Å². The fourth-order valence-corrected chi connectivity index (χ4v) is 3.78. The SMILES string of the molecule is CC(C)(C)OC(=O)NCCN(CC(=O)O)c1cc2c(cc1F)C(=O)N(C1CCC(=O)NC1=O)C2=O. The lowest BCUT2D eigenvalue weighted by molar-refractivity contribution is -0.137. The minimum atomic E-state index is -1.30. The van der Waals surface area contributed by atoms with Gasteiger partial charge in [-0.1, -0.05) is 0 Å². The zero-order chi connectivity index (χ0) is 26.1. The van der Waals surface area contributed by atoms with Gasteiger partial charge >= 0.3 is 12.1 Å². The predicted octanol–water partition coefficient (Wildman–Crippen LogP) is 0.643. The maximum absolute atomic E-state index is 15.0. The summed E-state index contributed by atoms with van der Waals surface area (Å²) in [5, 5.41) is 13.8. The van der Waals surface area contributed by atoms with Gasteiger partial charge in [-0.15, -0.1) is 0 Å². The van der Waals surface area contributed by atoms with Crippen molar-refractivity contribution in [2.24, 2.45) is 0 Å². The Hall–Kier alpha value is -4.03. The molecule has 1 fully saturated rings. The molecule has 5 amide bonds. The largest absolute Gasteiger partial charge is 0.480 e. The number of piperidine rings is 1. The van der Waals surface area contributed by atoms with Crippen molar-refractivity contribution >= 4 is 41.4 Å². The number of carbonyl (C=O) groups excluding carboxylic acids is 5. The average molecular weight is 492 g/mol. The van der Waals surface area contributed by atoms with Crippen molar-refractivity contribution < 1.29 is 43.0 Å². The number of hydrogen-bond acceptors (Lipinski definition) is 8. The number of imide groups is 2. The third-order valence-electron chi connectivity index (χ3n) is 5.22. The molecule has 0 bridgehead atoms. The molecular weight excluding hydrogens is 467 g/mol. The normalized spacial score (nSPS) is 17.7. The Morgan fingerprint density at radius 1 is 1.20 bits per heavy atom. The lowest BCUT2D eigenvalue weighted by atomic mass is 10.0. The van der Waals surface area contributed by atoms with Crippen molar-refractivity contribution in [3.63, 3.8) is 0 Å². The Morgan fingerprint density at radius 3 is 2.40 bits per heavy atom. The predicted molar refractivity (Wildman–Crippen MR) is 117 cm³/mol. The molecule has 0 aromatic heterocycles. The average Bonchev–Trinajstić information content (AvgIpc) is 2.95. The molecule has 3 N–H and O–H groups in total. The zero-order valence-electron chi connectivity index (χ0n) is 19.3. The van der Waals surface area contributed by atoms with Gasteiger partial charge in [-0.2, -0.15) is 0 Å². The molecule has 2 aliphatic heterocycles. The Bertz CT molecular complexity index is 1110. The monoisotopic (exact) mass is 492 g/mol. The van der Waals surface area contributed by atoms with Gasteiger partial charge in [-0.05, 0) is 39.3 Å². The van der Waals surface area contributed by atoms with Crippen LogP contribution in [-0.2, 0) is 19.1 Å². The number of aliphatic carboxylic acids is 1. The molecule has 3 rings (SSSR count). The summed E-state index contributed by atoms with van der Waals surface area (Å²) in [5.41, 5.74) is -1.50. The van der Waals surface area contributed by atoms with Gasteiger partial charge in [-0.3, -0.25) is 34.2 Å². The van der Waals surface area contributed by atoms with Crippen molar-refractivity contribution in [1.29, 1.82) is 0 Å². The van der Waals surface area contributed by atoms with E-state index in [9.17, 15) is 38.3 Å². The molecule has 1 saturated heterocycles. The van der Waals surface area contributed by atoms with Crippen LogP contribution in [0.5, 0.6) is 0 Å². The first-order valence-electron chi connectivity index (χ1n) is 10.8. The Balaban J connectivity index is 1.83. The molecule has 1 aromatic carbocycles. The number of fused-ring (bicyclic) bond motifs is 1. The van der Waals surface area contributed by atoms with E-state index in [1.165, 1.54) is 0 Å². The number of carbonyl (C=O) groups is 6. The van der Waals surface area contributed by atoms with E-state index in [0.29, 0.717) is 4.90 Å². The second-order valence-corrected chi connectivity index (χ2v) is 9.04. The van der Waals surface area contributed by atoms with Gasteiger partial charge in [-0.25, -0.2) is 9.18 Å². The van der Waals surface area contributed by atoms with E-state index in [1.54, 1.807) is 20.8 Å². The van der Waals surface area contributed by atoms with Crippen LogP contribution >= 0.6 is 0 Å². The first-order chi connectivity index (χ1) is 16.3. The van der Waals surface area contributed by atoms with Gasteiger partial charge in [0.2, 0.25) is 11.8 Å².